The molecule has 1 unspecified atom stereocenters. The van der Waals surface area contributed by atoms with Crippen molar-refractivity contribution < 1.29 is 0 Å². The maximum absolute atomic E-state index is 4.44. The predicted molar refractivity (Wildman–Crippen MR) is 77.7 cm³/mol. The summed E-state index contributed by atoms with van der Waals surface area (Å²) < 4.78 is 3.76. The zero-order valence-electron chi connectivity index (χ0n) is 11.6. The zero-order chi connectivity index (χ0) is 13.9. The lowest BCUT2D eigenvalue weighted by atomic mass is 10.1. The zero-order valence-corrected chi connectivity index (χ0v) is 11.6. The first-order valence-electron chi connectivity index (χ1n) is 6.55. The van der Waals surface area contributed by atoms with Crippen LogP contribution in [0.25, 0.3) is 5.69 Å². The molecule has 0 saturated heterocycles. The molecule has 1 N–H and O–H groups in total. The molecular formula is C15H17N5. The molecule has 2 heterocycles. The van der Waals surface area contributed by atoms with E-state index in [1.54, 1.807) is 6.20 Å². The van der Waals surface area contributed by atoms with Crippen molar-refractivity contribution in [1.82, 2.24) is 24.9 Å². The fourth-order valence-electron chi connectivity index (χ4n) is 2.36. The molecule has 3 rings (SSSR count). The van der Waals surface area contributed by atoms with Crippen LogP contribution < -0.4 is 5.32 Å². The quantitative estimate of drug-likeness (QED) is 0.785. The molecule has 0 saturated carbocycles. The average molecular weight is 267 g/mol. The van der Waals surface area contributed by atoms with Gasteiger partial charge in [-0.3, -0.25) is 4.68 Å². The molecule has 0 aliphatic carbocycles. The molecule has 1 atom stereocenters. The Morgan fingerprint density at radius 3 is 2.55 bits per heavy atom. The Morgan fingerprint density at radius 2 is 1.90 bits per heavy atom. The third-order valence-electron chi connectivity index (χ3n) is 3.40. The maximum atomic E-state index is 4.44. The van der Waals surface area contributed by atoms with Gasteiger partial charge in [0.05, 0.1) is 23.6 Å². The highest BCUT2D eigenvalue weighted by molar-refractivity contribution is 5.33. The van der Waals surface area contributed by atoms with Crippen molar-refractivity contribution >= 4 is 0 Å². The number of aromatic nitrogens is 4. The molecule has 0 radical (unpaired) electrons. The highest BCUT2D eigenvalue weighted by Gasteiger charge is 2.17. The summed E-state index contributed by atoms with van der Waals surface area (Å²) in [6.45, 7) is 0. The molecule has 102 valence electrons. The fraction of sp³-hybridized carbons (Fsp3) is 0.200. The number of aryl methyl sites for hydroxylation is 1. The van der Waals surface area contributed by atoms with Crippen LogP contribution in [0.1, 0.15) is 17.3 Å². The second kappa shape index (κ2) is 5.30. The Bertz CT molecular complexity index is 683. The van der Waals surface area contributed by atoms with Crippen molar-refractivity contribution in [3.05, 3.63) is 66.2 Å². The number of benzene rings is 1. The van der Waals surface area contributed by atoms with E-state index in [4.69, 9.17) is 0 Å². The Morgan fingerprint density at radius 1 is 1.10 bits per heavy atom. The van der Waals surface area contributed by atoms with Crippen LogP contribution in [0.2, 0.25) is 0 Å². The molecule has 0 amide bonds. The summed E-state index contributed by atoms with van der Waals surface area (Å²) in [5.74, 6) is 0. The second-order valence-corrected chi connectivity index (χ2v) is 4.66. The van der Waals surface area contributed by atoms with Crippen molar-refractivity contribution in [1.29, 1.82) is 0 Å². The van der Waals surface area contributed by atoms with Crippen LogP contribution in [-0.2, 0) is 7.05 Å². The van der Waals surface area contributed by atoms with Gasteiger partial charge in [-0.15, -0.1) is 0 Å². The van der Waals surface area contributed by atoms with Gasteiger partial charge in [0, 0.05) is 25.0 Å². The first-order valence-corrected chi connectivity index (χ1v) is 6.55. The van der Waals surface area contributed by atoms with Crippen LogP contribution in [-0.4, -0.2) is 26.6 Å². The maximum Gasteiger partial charge on any atom is 0.0776 e. The number of hydrogen-bond acceptors (Lipinski definition) is 3. The van der Waals surface area contributed by atoms with Crippen LogP contribution in [0.15, 0.2) is 55.0 Å². The summed E-state index contributed by atoms with van der Waals surface area (Å²) in [6, 6.07) is 12.2. The molecule has 0 aliphatic heterocycles. The Kier molecular flexibility index (Phi) is 3.35. The van der Waals surface area contributed by atoms with E-state index in [1.807, 2.05) is 72.3 Å². The van der Waals surface area contributed by atoms with Crippen molar-refractivity contribution in [3.63, 3.8) is 0 Å². The molecule has 0 bridgehead atoms. The minimum atomic E-state index is 0.0833. The Balaban J connectivity index is 1.95. The third kappa shape index (κ3) is 2.23. The smallest absolute Gasteiger partial charge is 0.0776 e. The molecule has 5 heteroatoms. The van der Waals surface area contributed by atoms with Gasteiger partial charge in [0.2, 0.25) is 0 Å². The number of rotatable bonds is 4. The van der Waals surface area contributed by atoms with Gasteiger partial charge in [0.25, 0.3) is 0 Å². The summed E-state index contributed by atoms with van der Waals surface area (Å²) in [4.78, 5) is 0. The van der Waals surface area contributed by atoms with Gasteiger partial charge in [-0.05, 0) is 25.2 Å². The number of hydrogen-bond donors (Lipinski definition) is 1. The second-order valence-electron chi connectivity index (χ2n) is 4.66. The monoisotopic (exact) mass is 267 g/mol. The SMILES string of the molecule is CNC(c1cnn(-c2ccccc2)c1)c1ccnn1C. The van der Waals surface area contributed by atoms with Crippen LogP contribution in [0.4, 0.5) is 0 Å². The number of para-hydroxylation sites is 1. The minimum absolute atomic E-state index is 0.0833. The standard InChI is InChI=1S/C15H17N5/c1-16-15(14-8-9-17-19(14)2)12-10-18-20(11-12)13-6-4-3-5-7-13/h3-11,15-16H,1-2H3. The Labute approximate surface area is 117 Å². The van der Waals surface area contributed by atoms with E-state index in [0.717, 1.165) is 16.9 Å². The van der Waals surface area contributed by atoms with Gasteiger partial charge >= 0.3 is 0 Å². The lowest BCUT2D eigenvalue weighted by Crippen LogP contribution is -2.20. The molecule has 0 aliphatic rings. The van der Waals surface area contributed by atoms with Crippen molar-refractivity contribution in [2.24, 2.45) is 7.05 Å². The van der Waals surface area contributed by atoms with E-state index in [2.05, 4.69) is 15.5 Å². The van der Waals surface area contributed by atoms with Gasteiger partial charge < -0.3 is 5.32 Å². The third-order valence-corrected chi connectivity index (χ3v) is 3.40. The lowest BCUT2D eigenvalue weighted by Gasteiger charge is -2.14. The topological polar surface area (TPSA) is 47.7 Å². The van der Waals surface area contributed by atoms with Crippen LogP contribution in [0, 0.1) is 0 Å². The molecule has 0 fully saturated rings. The van der Waals surface area contributed by atoms with E-state index >= 15 is 0 Å². The molecule has 1 aromatic carbocycles. The first kappa shape index (κ1) is 12.6. The van der Waals surface area contributed by atoms with Gasteiger partial charge in [-0.2, -0.15) is 10.2 Å². The van der Waals surface area contributed by atoms with Crippen molar-refractivity contribution in [2.75, 3.05) is 7.05 Å². The van der Waals surface area contributed by atoms with Gasteiger partial charge in [-0.25, -0.2) is 4.68 Å². The first-order chi connectivity index (χ1) is 9.79. The van der Waals surface area contributed by atoms with Crippen molar-refractivity contribution in [3.8, 4) is 5.69 Å². The summed E-state index contributed by atoms with van der Waals surface area (Å²) in [5, 5.41) is 12.0. The minimum Gasteiger partial charge on any atom is -0.308 e. The summed E-state index contributed by atoms with van der Waals surface area (Å²) in [5.41, 5.74) is 3.28. The van der Waals surface area contributed by atoms with E-state index in [-0.39, 0.29) is 6.04 Å². The van der Waals surface area contributed by atoms with E-state index in [1.165, 1.54) is 0 Å². The summed E-state index contributed by atoms with van der Waals surface area (Å²) >= 11 is 0. The number of nitrogens with zero attached hydrogens (tertiary/aromatic N) is 4. The van der Waals surface area contributed by atoms with Crippen LogP contribution in [0.5, 0.6) is 0 Å². The summed E-state index contributed by atoms with van der Waals surface area (Å²) in [6.07, 6.45) is 5.74. The van der Waals surface area contributed by atoms with Gasteiger partial charge in [0.15, 0.2) is 0 Å². The molecule has 0 spiro atoms. The summed E-state index contributed by atoms with van der Waals surface area (Å²) in [7, 11) is 3.89. The predicted octanol–water partition coefficient (Wildman–Crippen LogP) is 1.91. The van der Waals surface area contributed by atoms with Crippen LogP contribution in [0.3, 0.4) is 0 Å². The van der Waals surface area contributed by atoms with Crippen LogP contribution >= 0.6 is 0 Å². The molecule has 3 aromatic rings. The average Bonchev–Trinajstić information content (AvgIpc) is 3.12. The molecule has 20 heavy (non-hydrogen) atoms. The molecule has 2 aromatic heterocycles. The largest absolute Gasteiger partial charge is 0.308 e. The Hall–Kier alpha value is -2.40. The fourth-order valence-corrected chi connectivity index (χ4v) is 2.36. The highest BCUT2D eigenvalue weighted by Crippen LogP contribution is 2.21. The van der Waals surface area contributed by atoms with E-state index < -0.39 is 0 Å². The van der Waals surface area contributed by atoms with Crippen molar-refractivity contribution in [2.45, 2.75) is 6.04 Å². The molecular weight excluding hydrogens is 250 g/mol. The highest BCUT2D eigenvalue weighted by atomic mass is 15.3. The van der Waals surface area contributed by atoms with E-state index in [9.17, 15) is 0 Å². The normalized spacial score (nSPS) is 12.5. The molecule has 5 nitrogen and oxygen atoms in total. The lowest BCUT2D eigenvalue weighted by molar-refractivity contribution is 0.606. The van der Waals surface area contributed by atoms with Gasteiger partial charge in [-0.1, -0.05) is 18.2 Å². The van der Waals surface area contributed by atoms with Gasteiger partial charge in [0.1, 0.15) is 0 Å². The number of nitrogens with one attached hydrogen (secondary N) is 1. The van der Waals surface area contributed by atoms with E-state index in [0.29, 0.717) is 0 Å².